The number of hydrazone groups is 1. The average Bonchev–Trinajstić information content (AvgIpc) is 2.66. The van der Waals surface area contributed by atoms with E-state index in [0.29, 0.717) is 23.1 Å². The maximum Gasteiger partial charge on any atom is 0.244 e. The summed E-state index contributed by atoms with van der Waals surface area (Å²) >= 11 is 7.76. The fourth-order valence-electron chi connectivity index (χ4n) is 2.60. The van der Waals surface area contributed by atoms with E-state index in [9.17, 15) is 4.79 Å². The minimum Gasteiger partial charge on any atom is -0.490 e. The van der Waals surface area contributed by atoms with Crippen molar-refractivity contribution in [3.63, 3.8) is 0 Å². The minimum absolute atomic E-state index is 0.0512. The Bertz CT molecular complexity index is 856. The van der Waals surface area contributed by atoms with Crippen LogP contribution in [0, 0.1) is 0 Å². The number of halogens is 1. The zero-order valence-electron chi connectivity index (χ0n) is 17.2. The Morgan fingerprint density at radius 1 is 1.21 bits per heavy atom. The molecule has 1 N–H and O–H groups in total. The van der Waals surface area contributed by atoms with Crippen molar-refractivity contribution < 1.29 is 14.3 Å². The third-order valence-corrected chi connectivity index (χ3v) is 4.94. The van der Waals surface area contributed by atoms with Gasteiger partial charge in [0.15, 0.2) is 11.5 Å². The highest BCUT2D eigenvalue weighted by Crippen LogP contribution is 2.29. The van der Waals surface area contributed by atoms with Crippen molar-refractivity contribution in [2.45, 2.75) is 45.1 Å². The number of hydrogen-bond donors (Lipinski definition) is 1. The van der Waals surface area contributed by atoms with Crippen LogP contribution in [0.3, 0.4) is 0 Å². The molecule has 0 bridgehead atoms. The van der Waals surface area contributed by atoms with E-state index in [1.54, 1.807) is 18.0 Å². The predicted molar refractivity (Wildman–Crippen MR) is 121 cm³/mol. The number of rotatable bonds is 10. The van der Waals surface area contributed by atoms with Crippen LogP contribution < -0.4 is 14.9 Å². The lowest BCUT2D eigenvalue weighted by atomic mass is 10.1. The summed E-state index contributed by atoms with van der Waals surface area (Å²) in [7, 11) is 0. The summed E-state index contributed by atoms with van der Waals surface area (Å²) in [6.45, 7) is 8.45. The maximum atomic E-state index is 12.3. The number of carbonyl (C=O) groups excluding carboxylic acids is 1. The Kier molecular flexibility index (Phi) is 9.35. The van der Waals surface area contributed by atoms with Gasteiger partial charge in [-0.3, -0.25) is 4.79 Å². The number of carbonyl (C=O) groups is 1. The smallest absolute Gasteiger partial charge is 0.244 e. The van der Waals surface area contributed by atoms with E-state index in [4.69, 9.17) is 21.1 Å². The van der Waals surface area contributed by atoms with Gasteiger partial charge in [-0.15, -0.1) is 11.8 Å². The van der Waals surface area contributed by atoms with Crippen molar-refractivity contribution in [1.29, 1.82) is 0 Å². The third kappa shape index (κ3) is 7.63. The third-order valence-electron chi connectivity index (χ3n) is 3.71. The molecule has 0 fully saturated rings. The van der Waals surface area contributed by atoms with Crippen molar-refractivity contribution in [1.82, 2.24) is 5.43 Å². The van der Waals surface area contributed by atoms with Gasteiger partial charge >= 0.3 is 0 Å². The molecule has 0 spiro atoms. The number of amides is 1. The molecule has 0 aliphatic rings. The molecule has 0 aliphatic carbocycles. The van der Waals surface area contributed by atoms with E-state index in [1.165, 1.54) is 0 Å². The normalized spacial score (nSPS) is 11.1. The molecule has 2 aromatic rings. The number of nitrogens with zero attached hydrogens (tertiary/aromatic N) is 1. The van der Waals surface area contributed by atoms with Crippen LogP contribution in [0.25, 0.3) is 0 Å². The zero-order chi connectivity index (χ0) is 21.2. The topological polar surface area (TPSA) is 59.9 Å². The highest BCUT2D eigenvalue weighted by Gasteiger charge is 2.10. The molecule has 2 rings (SSSR count). The van der Waals surface area contributed by atoms with Crippen LogP contribution in [-0.2, 0) is 11.2 Å². The molecule has 5 nitrogen and oxygen atoms in total. The van der Waals surface area contributed by atoms with Crippen molar-refractivity contribution in [3.05, 3.63) is 52.5 Å². The van der Waals surface area contributed by atoms with Crippen molar-refractivity contribution in [2.24, 2.45) is 5.10 Å². The molecule has 0 radical (unpaired) electrons. The van der Waals surface area contributed by atoms with Crippen LogP contribution in [0.2, 0.25) is 5.02 Å². The van der Waals surface area contributed by atoms with E-state index in [2.05, 4.69) is 17.5 Å². The van der Waals surface area contributed by atoms with Crippen LogP contribution in [-0.4, -0.2) is 30.6 Å². The van der Waals surface area contributed by atoms with Crippen LogP contribution in [0.4, 0.5) is 0 Å². The summed E-state index contributed by atoms with van der Waals surface area (Å²) in [5.74, 6) is 2.06. The molecule has 0 aliphatic heterocycles. The molecule has 0 saturated carbocycles. The summed E-state index contributed by atoms with van der Waals surface area (Å²) in [6.07, 6.45) is 1.85. The van der Waals surface area contributed by atoms with E-state index < -0.39 is 0 Å². The molecule has 0 heterocycles. The number of nitrogens with one attached hydrogen (secondary N) is 1. The molecular formula is C22H27ClN2O3S. The standard InChI is InChI=1S/C22H27ClN2O3S/c1-5-27-20-11-16(7-9-19(20)28-15(3)4)14-24-25-22(26)13-17-12-18(23)8-10-21(17)29-6-2/h7-12,14-15H,5-6,13H2,1-4H3,(H,25,26)/b24-14-. The first-order valence-corrected chi connectivity index (χ1v) is 11.0. The highest BCUT2D eigenvalue weighted by molar-refractivity contribution is 7.99. The van der Waals surface area contributed by atoms with E-state index in [0.717, 1.165) is 21.8 Å². The van der Waals surface area contributed by atoms with Crippen LogP contribution in [0.5, 0.6) is 11.5 Å². The number of benzene rings is 2. The van der Waals surface area contributed by atoms with Crippen molar-refractivity contribution in [2.75, 3.05) is 12.4 Å². The van der Waals surface area contributed by atoms with E-state index in [1.807, 2.05) is 57.2 Å². The lowest BCUT2D eigenvalue weighted by Gasteiger charge is -2.14. The summed E-state index contributed by atoms with van der Waals surface area (Å²) in [5.41, 5.74) is 4.27. The summed E-state index contributed by atoms with van der Waals surface area (Å²) < 4.78 is 11.4. The van der Waals surface area contributed by atoms with Gasteiger partial charge in [-0.25, -0.2) is 5.43 Å². The lowest BCUT2D eigenvalue weighted by Crippen LogP contribution is -2.20. The van der Waals surface area contributed by atoms with Gasteiger partial charge in [0.25, 0.3) is 0 Å². The Morgan fingerprint density at radius 3 is 2.69 bits per heavy atom. The number of hydrogen-bond acceptors (Lipinski definition) is 5. The van der Waals surface area contributed by atoms with Crippen LogP contribution >= 0.6 is 23.4 Å². The Labute approximate surface area is 181 Å². The molecule has 0 atom stereocenters. The van der Waals surface area contributed by atoms with Gasteiger partial charge in [0.2, 0.25) is 5.91 Å². The van der Waals surface area contributed by atoms with Gasteiger partial charge in [-0.05, 0) is 74.0 Å². The SMILES string of the molecule is CCOc1cc(/C=N\NC(=O)Cc2cc(Cl)ccc2SCC)ccc1OC(C)C. The highest BCUT2D eigenvalue weighted by atomic mass is 35.5. The molecule has 0 saturated heterocycles. The lowest BCUT2D eigenvalue weighted by molar-refractivity contribution is -0.120. The minimum atomic E-state index is -0.203. The van der Waals surface area contributed by atoms with E-state index >= 15 is 0 Å². The average molecular weight is 435 g/mol. The van der Waals surface area contributed by atoms with Gasteiger partial charge < -0.3 is 9.47 Å². The fourth-order valence-corrected chi connectivity index (χ4v) is 3.58. The summed E-state index contributed by atoms with van der Waals surface area (Å²) in [6, 6.07) is 11.1. The van der Waals surface area contributed by atoms with Gasteiger partial charge in [-0.2, -0.15) is 5.10 Å². The predicted octanol–water partition coefficient (Wildman–Crippen LogP) is 5.33. The fraction of sp³-hybridized carbons (Fsp3) is 0.364. The first kappa shape index (κ1) is 23.1. The first-order valence-electron chi connectivity index (χ1n) is 9.59. The Hall–Kier alpha value is -2.18. The zero-order valence-corrected chi connectivity index (χ0v) is 18.8. The second-order valence-corrected chi connectivity index (χ2v) is 8.20. The molecule has 29 heavy (non-hydrogen) atoms. The number of ether oxygens (including phenoxy) is 2. The van der Waals surface area contributed by atoms with Gasteiger partial charge in [0.1, 0.15) is 0 Å². The Balaban J connectivity index is 2.03. The number of thioether (sulfide) groups is 1. The monoisotopic (exact) mass is 434 g/mol. The molecule has 2 aromatic carbocycles. The molecule has 7 heteroatoms. The summed E-state index contributed by atoms with van der Waals surface area (Å²) in [5, 5.41) is 4.68. The maximum absolute atomic E-state index is 12.3. The van der Waals surface area contributed by atoms with E-state index in [-0.39, 0.29) is 18.4 Å². The second kappa shape index (κ2) is 11.7. The molecule has 0 aromatic heterocycles. The molecule has 0 unspecified atom stereocenters. The molecular weight excluding hydrogens is 408 g/mol. The van der Waals surface area contributed by atoms with Gasteiger partial charge in [0, 0.05) is 9.92 Å². The summed E-state index contributed by atoms with van der Waals surface area (Å²) in [4.78, 5) is 13.3. The largest absolute Gasteiger partial charge is 0.490 e. The van der Waals surface area contributed by atoms with Crippen molar-refractivity contribution in [3.8, 4) is 11.5 Å². The van der Waals surface area contributed by atoms with Gasteiger partial charge in [0.05, 0.1) is 25.3 Å². The molecule has 156 valence electrons. The second-order valence-electron chi connectivity index (χ2n) is 6.46. The quantitative estimate of drug-likeness (QED) is 0.312. The van der Waals surface area contributed by atoms with Crippen molar-refractivity contribution >= 4 is 35.5 Å². The molecule has 1 amide bonds. The Morgan fingerprint density at radius 2 is 2.00 bits per heavy atom. The van der Waals surface area contributed by atoms with Crippen LogP contribution in [0.1, 0.15) is 38.8 Å². The van der Waals surface area contributed by atoms with Gasteiger partial charge in [-0.1, -0.05) is 18.5 Å². The first-order chi connectivity index (χ1) is 13.9. The van der Waals surface area contributed by atoms with Crippen LogP contribution in [0.15, 0.2) is 46.4 Å².